The second-order valence-corrected chi connectivity index (χ2v) is 7.42. The largest absolute Gasteiger partial charge is 0.487 e. The molecule has 2 aromatic carbocycles. The lowest BCUT2D eigenvalue weighted by molar-refractivity contribution is -0.139. The summed E-state index contributed by atoms with van der Waals surface area (Å²) in [6.07, 6.45) is 0. The molecule has 0 aromatic heterocycles. The van der Waals surface area contributed by atoms with Crippen LogP contribution in [0.5, 0.6) is 5.75 Å². The lowest BCUT2D eigenvalue weighted by Crippen LogP contribution is -2.48. The van der Waals surface area contributed by atoms with Gasteiger partial charge in [0.1, 0.15) is 12.4 Å². The third-order valence-electron chi connectivity index (χ3n) is 5.37. The first kappa shape index (κ1) is 21.4. The summed E-state index contributed by atoms with van der Waals surface area (Å²) in [4.78, 5) is 27.1. The molecule has 0 aliphatic carbocycles. The Morgan fingerprint density at radius 3 is 2.57 bits per heavy atom. The van der Waals surface area contributed by atoms with Gasteiger partial charge in [0.15, 0.2) is 0 Å². The van der Waals surface area contributed by atoms with Gasteiger partial charge in [0.2, 0.25) is 0 Å². The zero-order valence-corrected chi connectivity index (χ0v) is 18.1. The van der Waals surface area contributed by atoms with E-state index in [1.54, 1.807) is 14.0 Å². The average Bonchev–Trinajstić information content (AvgIpc) is 2.71. The maximum absolute atomic E-state index is 12.9. The van der Waals surface area contributed by atoms with Crippen LogP contribution in [0.1, 0.15) is 35.2 Å². The SMILES string of the molecule is CCOC(=O)C1=C(COc2cccc(C)c2C)N(C)C(=O)N[C@@H]1c1cccc(C)c1. The lowest BCUT2D eigenvalue weighted by Gasteiger charge is -2.34. The van der Waals surface area contributed by atoms with Crippen molar-refractivity contribution in [3.8, 4) is 5.75 Å². The first-order valence-corrected chi connectivity index (χ1v) is 10.0. The molecule has 0 saturated carbocycles. The number of amides is 2. The van der Waals surface area contributed by atoms with Gasteiger partial charge in [0.25, 0.3) is 0 Å². The van der Waals surface area contributed by atoms with E-state index in [0.717, 1.165) is 28.0 Å². The van der Waals surface area contributed by atoms with Crippen molar-refractivity contribution in [1.82, 2.24) is 10.2 Å². The highest BCUT2D eigenvalue weighted by molar-refractivity contribution is 5.95. The second kappa shape index (κ2) is 9.03. The number of aryl methyl sites for hydroxylation is 2. The van der Waals surface area contributed by atoms with Crippen molar-refractivity contribution in [3.05, 3.63) is 76.0 Å². The molecule has 1 atom stereocenters. The minimum atomic E-state index is -0.607. The molecule has 0 unspecified atom stereocenters. The summed E-state index contributed by atoms with van der Waals surface area (Å²) in [7, 11) is 1.63. The van der Waals surface area contributed by atoms with Crippen LogP contribution in [0.4, 0.5) is 4.79 Å². The van der Waals surface area contributed by atoms with E-state index >= 15 is 0 Å². The molecule has 1 aliphatic heterocycles. The standard InChI is InChI=1S/C24H28N2O4/c1-6-29-23(27)21-19(14-30-20-12-8-10-16(3)17(20)4)26(5)24(28)25-22(21)18-11-7-9-15(2)13-18/h7-13,22H,6,14H2,1-5H3,(H,25,28)/t22-/m1/s1. The van der Waals surface area contributed by atoms with Gasteiger partial charge in [-0.25, -0.2) is 9.59 Å². The highest BCUT2D eigenvalue weighted by Crippen LogP contribution is 2.32. The Kier molecular flexibility index (Phi) is 6.45. The van der Waals surface area contributed by atoms with Crippen molar-refractivity contribution < 1.29 is 19.1 Å². The molecule has 0 radical (unpaired) electrons. The number of hydrogen-bond donors (Lipinski definition) is 1. The van der Waals surface area contributed by atoms with E-state index in [2.05, 4.69) is 5.32 Å². The predicted octanol–water partition coefficient (Wildman–Crippen LogP) is 4.20. The molecular weight excluding hydrogens is 380 g/mol. The van der Waals surface area contributed by atoms with Gasteiger partial charge in [-0.15, -0.1) is 0 Å². The topological polar surface area (TPSA) is 67.9 Å². The van der Waals surface area contributed by atoms with E-state index in [9.17, 15) is 9.59 Å². The highest BCUT2D eigenvalue weighted by atomic mass is 16.5. The van der Waals surface area contributed by atoms with Gasteiger partial charge in [0.05, 0.1) is 23.9 Å². The number of rotatable bonds is 6. The third kappa shape index (κ3) is 4.32. The van der Waals surface area contributed by atoms with Crippen LogP contribution in [0, 0.1) is 20.8 Å². The van der Waals surface area contributed by atoms with Gasteiger partial charge < -0.3 is 14.8 Å². The fourth-order valence-corrected chi connectivity index (χ4v) is 3.51. The van der Waals surface area contributed by atoms with Crippen LogP contribution >= 0.6 is 0 Å². The van der Waals surface area contributed by atoms with Crippen LogP contribution in [-0.4, -0.2) is 37.2 Å². The Bertz CT molecular complexity index is 996. The summed E-state index contributed by atoms with van der Waals surface area (Å²) >= 11 is 0. The Hall–Kier alpha value is -3.28. The van der Waals surface area contributed by atoms with Crippen molar-refractivity contribution in [2.75, 3.05) is 20.3 Å². The predicted molar refractivity (Wildman–Crippen MR) is 115 cm³/mol. The Balaban J connectivity index is 2.06. The molecule has 6 nitrogen and oxygen atoms in total. The van der Waals surface area contributed by atoms with Gasteiger partial charge in [-0.2, -0.15) is 0 Å². The summed E-state index contributed by atoms with van der Waals surface area (Å²) in [5, 5.41) is 2.92. The van der Waals surface area contributed by atoms with Gasteiger partial charge in [-0.05, 0) is 50.5 Å². The zero-order valence-electron chi connectivity index (χ0n) is 18.1. The Morgan fingerprint density at radius 2 is 1.87 bits per heavy atom. The fourth-order valence-electron chi connectivity index (χ4n) is 3.51. The number of benzene rings is 2. The summed E-state index contributed by atoms with van der Waals surface area (Å²) in [5.74, 6) is 0.257. The van der Waals surface area contributed by atoms with Crippen LogP contribution in [0.3, 0.4) is 0 Å². The molecule has 30 heavy (non-hydrogen) atoms. The van der Waals surface area contributed by atoms with E-state index in [0.29, 0.717) is 11.3 Å². The van der Waals surface area contributed by atoms with E-state index in [1.807, 2.05) is 63.2 Å². The molecule has 1 aliphatic rings. The van der Waals surface area contributed by atoms with Crippen molar-refractivity contribution in [3.63, 3.8) is 0 Å². The molecule has 2 amide bonds. The second-order valence-electron chi connectivity index (χ2n) is 7.42. The fraction of sp³-hybridized carbons (Fsp3) is 0.333. The first-order valence-electron chi connectivity index (χ1n) is 10.0. The smallest absolute Gasteiger partial charge is 0.338 e. The number of urea groups is 1. The molecule has 1 heterocycles. The number of esters is 1. The number of nitrogens with zero attached hydrogens (tertiary/aromatic N) is 1. The Morgan fingerprint density at radius 1 is 1.13 bits per heavy atom. The minimum Gasteiger partial charge on any atom is -0.487 e. The number of hydrogen-bond acceptors (Lipinski definition) is 4. The van der Waals surface area contributed by atoms with E-state index in [1.165, 1.54) is 4.90 Å². The van der Waals surface area contributed by atoms with Crippen molar-refractivity contribution >= 4 is 12.0 Å². The Labute approximate surface area is 177 Å². The van der Waals surface area contributed by atoms with E-state index in [-0.39, 0.29) is 19.2 Å². The zero-order chi connectivity index (χ0) is 21.8. The van der Waals surface area contributed by atoms with Crippen molar-refractivity contribution in [2.45, 2.75) is 33.7 Å². The third-order valence-corrected chi connectivity index (χ3v) is 5.37. The molecule has 0 bridgehead atoms. The highest BCUT2D eigenvalue weighted by Gasteiger charge is 2.37. The molecule has 158 valence electrons. The summed E-state index contributed by atoms with van der Waals surface area (Å²) in [5.41, 5.74) is 4.87. The number of ether oxygens (including phenoxy) is 2. The van der Waals surface area contributed by atoms with Gasteiger partial charge in [0, 0.05) is 7.05 Å². The molecule has 1 N–H and O–H groups in total. The first-order chi connectivity index (χ1) is 14.3. The maximum atomic E-state index is 12.9. The van der Waals surface area contributed by atoms with Crippen molar-refractivity contribution in [2.24, 2.45) is 0 Å². The van der Waals surface area contributed by atoms with Crippen molar-refractivity contribution in [1.29, 1.82) is 0 Å². The molecule has 0 fully saturated rings. The minimum absolute atomic E-state index is 0.0741. The van der Waals surface area contributed by atoms with Crippen LogP contribution in [-0.2, 0) is 9.53 Å². The van der Waals surface area contributed by atoms with Gasteiger partial charge in [-0.1, -0.05) is 42.0 Å². The summed E-state index contributed by atoms with van der Waals surface area (Å²) < 4.78 is 11.4. The van der Waals surface area contributed by atoms with Gasteiger partial charge in [-0.3, -0.25) is 4.90 Å². The van der Waals surface area contributed by atoms with Gasteiger partial charge >= 0.3 is 12.0 Å². The lowest BCUT2D eigenvalue weighted by atomic mass is 9.94. The van der Waals surface area contributed by atoms with E-state index < -0.39 is 12.0 Å². The van der Waals surface area contributed by atoms with Crippen LogP contribution < -0.4 is 10.1 Å². The summed E-state index contributed by atoms with van der Waals surface area (Å²) in [6.45, 7) is 8.05. The monoisotopic (exact) mass is 408 g/mol. The van der Waals surface area contributed by atoms with Crippen LogP contribution in [0.25, 0.3) is 0 Å². The maximum Gasteiger partial charge on any atom is 0.338 e. The molecule has 6 heteroatoms. The van der Waals surface area contributed by atoms with Crippen LogP contribution in [0.2, 0.25) is 0 Å². The average molecular weight is 408 g/mol. The summed E-state index contributed by atoms with van der Waals surface area (Å²) in [6, 6.07) is 12.6. The van der Waals surface area contributed by atoms with Crippen LogP contribution in [0.15, 0.2) is 53.7 Å². The number of likely N-dealkylation sites (N-methyl/N-ethyl adjacent to an activating group) is 1. The normalized spacial score (nSPS) is 16.4. The molecule has 0 spiro atoms. The number of nitrogens with one attached hydrogen (secondary N) is 1. The quantitative estimate of drug-likeness (QED) is 0.728. The molecule has 3 rings (SSSR count). The molecule has 2 aromatic rings. The number of carbonyl (C=O) groups is 2. The molecule has 0 saturated heterocycles. The van der Waals surface area contributed by atoms with E-state index in [4.69, 9.17) is 9.47 Å². The molecular formula is C24H28N2O4. The number of carbonyl (C=O) groups excluding carboxylic acids is 2.